The third kappa shape index (κ3) is 5.44. The predicted molar refractivity (Wildman–Crippen MR) is 120 cm³/mol. The maximum Gasteiger partial charge on any atom is 0.244 e. The van der Waals surface area contributed by atoms with Crippen LogP contribution in [0.3, 0.4) is 0 Å². The van der Waals surface area contributed by atoms with Crippen molar-refractivity contribution in [1.29, 1.82) is 0 Å². The Labute approximate surface area is 181 Å². The molecule has 162 valence electrons. The molecule has 9 heteroatoms. The van der Waals surface area contributed by atoms with Gasteiger partial charge < -0.3 is 10.6 Å². The minimum Gasteiger partial charge on any atom is -0.326 e. The molecule has 3 rings (SSSR count). The smallest absolute Gasteiger partial charge is 0.244 e. The molecule has 2 amide bonds. The first-order valence-electron chi connectivity index (χ1n) is 9.81. The quantitative estimate of drug-likeness (QED) is 0.559. The zero-order valence-corrected chi connectivity index (χ0v) is 18.1. The van der Waals surface area contributed by atoms with E-state index in [1.165, 1.54) is 11.2 Å². The molecule has 3 aromatic rings. The number of nitrogens with one attached hydrogen (secondary N) is 2. The summed E-state index contributed by atoms with van der Waals surface area (Å²) in [4.78, 5) is 27.9. The van der Waals surface area contributed by atoms with Crippen LogP contribution in [0, 0.1) is 0 Å². The Hall–Kier alpha value is -3.30. The Kier molecular flexibility index (Phi) is 6.98. The lowest BCUT2D eigenvalue weighted by molar-refractivity contribution is -0.116. The van der Waals surface area contributed by atoms with Crippen LogP contribution < -0.4 is 10.6 Å². The Balaban J connectivity index is 1.79. The Morgan fingerprint density at radius 1 is 1.00 bits per heavy atom. The second kappa shape index (κ2) is 9.67. The van der Waals surface area contributed by atoms with Gasteiger partial charge in [-0.15, -0.1) is 0 Å². The number of carbonyl (C=O) groups is 2. The standard InChI is InChI=1S/C22H24N4O4S/c1-3-13-26(15-22(28)25-19-9-7-18(8-10-19)24-16(2)27)31(29,30)21-6-4-5-17-14-23-12-11-20(17)21/h4-12,14H,3,13,15H2,1-2H3,(H,24,27)(H,25,28). The van der Waals surface area contributed by atoms with Crippen molar-refractivity contribution in [3.8, 4) is 0 Å². The van der Waals surface area contributed by atoms with Gasteiger partial charge in [0, 0.05) is 48.0 Å². The van der Waals surface area contributed by atoms with Gasteiger partial charge in [-0.25, -0.2) is 8.42 Å². The minimum atomic E-state index is -3.90. The highest BCUT2D eigenvalue weighted by molar-refractivity contribution is 7.89. The highest BCUT2D eigenvalue weighted by atomic mass is 32.2. The molecule has 2 N–H and O–H groups in total. The van der Waals surface area contributed by atoms with E-state index in [4.69, 9.17) is 0 Å². The Bertz CT molecular complexity index is 1190. The second-order valence-corrected chi connectivity index (χ2v) is 8.90. The molecular formula is C22H24N4O4S. The summed E-state index contributed by atoms with van der Waals surface area (Å²) >= 11 is 0. The van der Waals surface area contributed by atoms with Crippen molar-refractivity contribution in [1.82, 2.24) is 9.29 Å². The van der Waals surface area contributed by atoms with Crippen LogP contribution in [-0.4, -0.2) is 42.6 Å². The van der Waals surface area contributed by atoms with Gasteiger partial charge in [0.05, 0.1) is 11.4 Å². The molecule has 2 aromatic carbocycles. The number of fused-ring (bicyclic) bond motifs is 1. The molecule has 8 nitrogen and oxygen atoms in total. The van der Waals surface area contributed by atoms with E-state index >= 15 is 0 Å². The number of hydrogen-bond acceptors (Lipinski definition) is 5. The number of hydrogen-bond donors (Lipinski definition) is 2. The lowest BCUT2D eigenvalue weighted by Gasteiger charge is -2.22. The van der Waals surface area contributed by atoms with Gasteiger partial charge in [-0.2, -0.15) is 4.31 Å². The van der Waals surface area contributed by atoms with Crippen LogP contribution >= 0.6 is 0 Å². The maximum absolute atomic E-state index is 13.4. The first kappa shape index (κ1) is 22.4. The van der Waals surface area contributed by atoms with Gasteiger partial charge in [-0.1, -0.05) is 19.1 Å². The largest absolute Gasteiger partial charge is 0.326 e. The van der Waals surface area contributed by atoms with E-state index in [9.17, 15) is 18.0 Å². The normalized spacial score (nSPS) is 11.5. The van der Waals surface area contributed by atoms with Crippen molar-refractivity contribution in [3.05, 3.63) is 60.9 Å². The highest BCUT2D eigenvalue weighted by Gasteiger charge is 2.27. The summed E-state index contributed by atoms with van der Waals surface area (Å²) < 4.78 is 27.9. The number of amides is 2. The van der Waals surface area contributed by atoms with Crippen LogP contribution in [0.25, 0.3) is 10.8 Å². The molecule has 0 saturated heterocycles. The zero-order chi connectivity index (χ0) is 22.4. The first-order valence-corrected chi connectivity index (χ1v) is 11.3. The summed E-state index contributed by atoms with van der Waals surface area (Å²) in [5, 5.41) is 6.62. The van der Waals surface area contributed by atoms with E-state index in [0.29, 0.717) is 28.6 Å². The molecule has 0 aliphatic carbocycles. The molecule has 0 saturated carbocycles. The van der Waals surface area contributed by atoms with Crippen LogP contribution in [-0.2, 0) is 19.6 Å². The molecule has 1 heterocycles. The average Bonchev–Trinajstić information content (AvgIpc) is 2.74. The number of anilines is 2. The van der Waals surface area contributed by atoms with Gasteiger partial charge in [0.1, 0.15) is 0 Å². The Morgan fingerprint density at radius 3 is 2.32 bits per heavy atom. The van der Waals surface area contributed by atoms with Gasteiger partial charge >= 0.3 is 0 Å². The molecule has 0 radical (unpaired) electrons. The second-order valence-electron chi connectivity index (χ2n) is 7.00. The molecule has 0 unspecified atom stereocenters. The van der Waals surface area contributed by atoms with Crippen molar-refractivity contribution in [3.63, 3.8) is 0 Å². The van der Waals surface area contributed by atoms with Gasteiger partial charge in [-0.05, 0) is 42.8 Å². The summed E-state index contributed by atoms with van der Waals surface area (Å²) in [5.41, 5.74) is 1.11. The fourth-order valence-electron chi connectivity index (χ4n) is 3.19. The number of nitrogens with zero attached hydrogens (tertiary/aromatic N) is 2. The lowest BCUT2D eigenvalue weighted by Crippen LogP contribution is -2.38. The Morgan fingerprint density at radius 2 is 1.68 bits per heavy atom. The van der Waals surface area contributed by atoms with Crippen LogP contribution in [0.15, 0.2) is 65.8 Å². The monoisotopic (exact) mass is 440 g/mol. The van der Waals surface area contributed by atoms with Crippen LogP contribution in [0.5, 0.6) is 0 Å². The average molecular weight is 441 g/mol. The number of benzene rings is 2. The summed E-state index contributed by atoms with van der Waals surface area (Å²) in [7, 11) is -3.90. The molecule has 0 spiro atoms. The van der Waals surface area contributed by atoms with Gasteiger partial charge in [0.15, 0.2) is 0 Å². The van der Waals surface area contributed by atoms with Crippen molar-refractivity contribution in [2.75, 3.05) is 23.7 Å². The number of aromatic nitrogens is 1. The SMILES string of the molecule is CCCN(CC(=O)Nc1ccc(NC(C)=O)cc1)S(=O)(=O)c1cccc2cnccc12. The molecule has 0 fully saturated rings. The lowest BCUT2D eigenvalue weighted by atomic mass is 10.2. The molecule has 1 aromatic heterocycles. The van der Waals surface area contributed by atoms with Gasteiger partial charge in [0.2, 0.25) is 21.8 Å². The predicted octanol–water partition coefficient (Wildman–Crippen LogP) is 3.23. The van der Waals surface area contributed by atoms with Crippen molar-refractivity contribution in [2.45, 2.75) is 25.2 Å². The van der Waals surface area contributed by atoms with E-state index in [1.54, 1.807) is 60.9 Å². The molecule has 0 aliphatic rings. The summed E-state index contributed by atoms with van der Waals surface area (Å²) in [5.74, 6) is -0.646. The fraction of sp³-hybridized carbons (Fsp3) is 0.227. The molecule has 0 bridgehead atoms. The van der Waals surface area contributed by atoms with Gasteiger partial charge in [0.25, 0.3) is 0 Å². The zero-order valence-electron chi connectivity index (χ0n) is 17.3. The molecule has 31 heavy (non-hydrogen) atoms. The van der Waals surface area contributed by atoms with Crippen molar-refractivity contribution in [2.24, 2.45) is 0 Å². The first-order chi connectivity index (χ1) is 14.8. The van der Waals surface area contributed by atoms with Crippen LogP contribution in [0.4, 0.5) is 11.4 Å². The van der Waals surface area contributed by atoms with E-state index in [-0.39, 0.29) is 23.9 Å². The highest BCUT2D eigenvalue weighted by Crippen LogP contribution is 2.25. The van der Waals surface area contributed by atoms with Crippen molar-refractivity contribution < 1.29 is 18.0 Å². The third-order valence-electron chi connectivity index (χ3n) is 4.54. The van der Waals surface area contributed by atoms with E-state index in [0.717, 1.165) is 0 Å². The topological polar surface area (TPSA) is 108 Å². The number of rotatable bonds is 8. The minimum absolute atomic E-state index is 0.147. The van der Waals surface area contributed by atoms with Crippen LogP contribution in [0.1, 0.15) is 20.3 Å². The third-order valence-corrected chi connectivity index (χ3v) is 6.44. The molecule has 0 aliphatic heterocycles. The van der Waals surface area contributed by atoms with E-state index in [2.05, 4.69) is 15.6 Å². The van der Waals surface area contributed by atoms with Gasteiger partial charge in [-0.3, -0.25) is 14.6 Å². The molecular weight excluding hydrogens is 416 g/mol. The molecule has 0 atom stereocenters. The fourth-order valence-corrected chi connectivity index (χ4v) is 4.89. The van der Waals surface area contributed by atoms with E-state index in [1.807, 2.05) is 6.92 Å². The summed E-state index contributed by atoms with van der Waals surface area (Å²) in [6, 6.07) is 13.2. The van der Waals surface area contributed by atoms with E-state index < -0.39 is 15.9 Å². The summed E-state index contributed by atoms with van der Waals surface area (Å²) in [6.07, 6.45) is 3.71. The number of sulfonamides is 1. The summed E-state index contributed by atoms with van der Waals surface area (Å²) in [6.45, 7) is 3.16. The van der Waals surface area contributed by atoms with Crippen LogP contribution in [0.2, 0.25) is 0 Å². The number of pyridine rings is 1. The number of carbonyl (C=O) groups excluding carboxylic acids is 2. The van der Waals surface area contributed by atoms with Crippen molar-refractivity contribution >= 4 is 44.0 Å². The maximum atomic E-state index is 13.4.